The third-order valence-electron chi connectivity index (χ3n) is 10.6. The van der Waals surface area contributed by atoms with E-state index >= 15 is 0 Å². The van der Waals surface area contributed by atoms with E-state index in [1.54, 1.807) is 30.3 Å². The fourth-order valence-corrected chi connectivity index (χ4v) is 7.34. The average molecular weight is 812 g/mol. The van der Waals surface area contributed by atoms with Gasteiger partial charge in [0.25, 0.3) is 5.91 Å². The minimum Gasteiger partial charge on any atom is -0.465 e. The van der Waals surface area contributed by atoms with Crippen molar-refractivity contribution in [3.63, 3.8) is 0 Å². The highest BCUT2D eigenvalue weighted by atomic mass is 19.4. The Balaban J connectivity index is 1.20. The van der Waals surface area contributed by atoms with Gasteiger partial charge in [0.1, 0.15) is 12.1 Å². The Labute approximate surface area is 328 Å². The number of piperidine rings is 1. The summed E-state index contributed by atoms with van der Waals surface area (Å²) in [5.41, 5.74) is 3.01. The van der Waals surface area contributed by atoms with Crippen LogP contribution >= 0.6 is 0 Å². The fourth-order valence-electron chi connectivity index (χ4n) is 7.34. The van der Waals surface area contributed by atoms with Crippen LogP contribution in [0, 0.1) is 18.8 Å². The van der Waals surface area contributed by atoms with E-state index in [2.05, 4.69) is 31.6 Å². The van der Waals surface area contributed by atoms with Gasteiger partial charge in [0, 0.05) is 36.7 Å². The summed E-state index contributed by atoms with van der Waals surface area (Å²) in [5, 5.41) is 22.3. The Morgan fingerprint density at radius 1 is 0.948 bits per heavy atom. The molecule has 2 aliphatic rings. The lowest BCUT2D eigenvalue weighted by Gasteiger charge is -2.29. The summed E-state index contributed by atoms with van der Waals surface area (Å²) in [6, 6.07) is 14.2. The van der Waals surface area contributed by atoms with Gasteiger partial charge in [-0.3, -0.25) is 19.2 Å². The number of aromatic amines is 1. The van der Waals surface area contributed by atoms with Crippen LogP contribution in [0.4, 0.5) is 32.4 Å². The van der Waals surface area contributed by atoms with Crippen molar-refractivity contribution in [2.75, 3.05) is 18.4 Å². The molecule has 2 atom stereocenters. The summed E-state index contributed by atoms with van der Waals surface area (Å²) in [7, 11) is 0. The first-order chi connectivity index (χ1) is 27.5. The standard InChI is InChI=1S/C40H42F5N7O6/c1-21-16-26(34(54)49-30-6-3-15-46-35(30)55)11-13-28(21)25-5-2-4-23(17-25)18-32(50-33(53)24-9-7-22(8-10-24)20-47-38(57)58)36(56)48-27-12-14-29-31(19-27)52-37(51-29)39(41,42)40(43,44)45/h2,4-5,11-14,16-17,19,22,24,30,32,47H,3,6-10,15,18,20H2,1H3,(H,46,55)(H,48,56)(H,49,54)(H,50,53)(H,51,52)(H,57,58)/t22-,24-,30-,32+/m1/s1. The molecule has 5 amide bonds. The van der Waals surface area contributed by atoms with Crippen LogP contribution in [-0.2, 0) is 26.7 Å². The van der Waals surface area contributed by atoms with Crippen LogP contribution in [0.1, 0.15) is 65.8 Å². The molecule has 1 saturated carbocycles. The maximum absolute atomic E-state index is 14.0. The molecule has 0 bridgehead atoms. The number of alkyl halides is 5. The highest BCUT2D eigenvalue weighted by Gasteiger charge is 2.61. The van der Waals surface area contributed by atoms with Crippen LogP contribution in [0.5, 0.6) is 0 Å². The molecule has 1 aliphatic heterocycles. The second-order valence-corrected chi connectivity index (χ2v) is 14.7. The largest absolute Gasteiger partial charge is 0.465 e. The molecule has 1 aromatic heterocycles. The lowest BCUT2D eigenvalue weighted by Crippen LogP contribution is -2.50. The van der Waals surface area contributed by atoms with Crippen LogP contribution in [0.25, 0.3) is 22.2 Å². The third-order valence-corrected chi connectivity index (χ3v) is 10.6. The average Bonchev–Trinajstić information content (AvgIpc) is 3.62. The molecule has 3 aromatic carbocycles. The van der Waals surface area contributed by atoms with Crippen molar-refractivity contribution < 1.29 is 51.0 Å². The molecule has 4 aromatic rings. The number of rotatable bonds is 12. The number of carbonyl (C=O) groups is 5. The molecular formula is C40H42F5N7O6. The number of halogens is 5. The lowest BCUT2D eigenvalue weighted by atomic mass is 9.81. The molecule has 18 heteroatoms. The summed E-state index contributed by atoms with van der Waals surface area (Å²) in [6.07, 6.45) is -3.62. The molecule has 1 aliphatic carbocycles. The number of carboxylic acid groups (broad SMARTS) is 1. The lowest BCUT2D eigenvalue weighted by molar-refractivity contribution is -0.292. The summed E-state index contributed by atoms with van der Waals surface area (Å²) < 4.78 is 67.0. The van der Waals surface area contributed by atoms with Crippen molar-refractivity contribution in [3.8, 4) is 11.1 Å². The van der Waals surface area contributed by atoms with Gasteiger partial charge < -0.3 is 36.7 Å². The maximum Gasteiger partial charge on any atom is 0.461 e. The first-order valence-electron chi connectivity index (χ1n) is 18.8. The summed E-state index contributed by atoms with van der Waals surface area (Å²) in [5.74, 6) is -8.92. The zero-order valence-corrected chi connectivity index (χ0v) is 31.3. The van der Waals surface area contributed by atoms with Crippen molar-refractivity contribution in [3.05, 3.63) is 83.2 Å². The summed E-state index contributed by atoms with van der Waals surface area (Å²) in [4.78, 5) is 69.0. The van der Waals surface area contributed by atoms with Gasteiger partial charge >= 0.3 is 18.2 Å². The number of hydrogen-bond donors (Lipinski definition) is 7. The van der Waals surface area contributed by atoms with Gasteiger partial charge in [0.2, 0.25) is 17.7 Å². The second-order valence-electron chi connectivity index (χ2n) is 14.7. The molecule has 308 valence electrons. The Morgan fingerprint density at radius 2 is 1.71 bits per heavy atom. The SMILES string of the molecule is Cc1cc(C(=O)N[C@@H]2CCCNC2=O)ccc1-c1cccc(C[C@H](NC(=O)[C@H]2CC[C@H](CNC(=O)O)CC2)C(=O)Nc2ccc3nc(C(F)(F)C(F)(F)F)[nH]c3c2)c1. The molecule has 58 heavy (non-hydrogen) atoms. The number of amides is 5. The van der Waals surface area contributed by atoms with E-state index in [1.165, 1.54) is 18.2 Å². The van der Waals surface area contributed by atoms with Crippen molar-refractivity contribution in [1.82, 2.24) is 31.2 Å². The van der Waals surface area contributed by atoms with Gasteiger partial charge in [-0.1, -0.05) is 30.3 Å². The number of aromatic nitrogens is 2. The molecule has 1 saturated heterocycles. The highest BCUT2D eigenvalue weighted by molar-refractivity contribution is 5.99. The smallest absolute Gasteiger partial charge is 0.461 e. The normalized spacial score (nSPS) is 19.1. The first kappa shape index (κ1) is 41.6. The number of anilines is 1. The molecule has 7 N–H and O–H groups in total. The zero-order valence-electron chi connectivity index (χ0n) is 31.3. The Hall–Kier alpha value is -6.07. The van der Waals surface area contributed by atoms with E-state index < -0.39 is 47.9 Å². The Morgan fingerprint density at radius 3 is 2.40 bits per heavy atom. The molecular weight excluding hydrogens is 769 g/mol. The van der Waals surface area contributed by atoms with Crippen LogP contribution in [0.3, 0.4) is 0 Å². The number of H-pyrrole nitrogens is 1. The van der Waals surface area contributed by atoms with E-state index in [9.17, 15) is 45.9 Å². The third kappa shape index (κ3) is 9.71. The number of nitrogens with one attached hydrogen (secondary N) is 6. The van der Waals surface area contributed by atoms with Gasteiger partial charge in [-0.2, -0.15) is 22.0 Å². The molecule has 2 fully saturated rings. The van der Waals surface area contributed by atoms with Crippen molar-refractivity contribution >= 4 is 46.4 Å². The van der Waals surface area contributed by atoms with Gasteiger partial charge in [-0.15, -0.1) is 0 Å². The van der Waals surface area contributed by atoms with Crippen LogP contribution in [0.2, 0.25) is 0 Å². The number of nitrogens with zero attached hydrogens (tertiary/aromatic N) is 1. The van der Waals surface area contributed by atoms with E-state index in [1.807, 2.05) is 24.0 Å². The molecule has 0 unspecified atom stereocenters. The van der Waals surface area contributed by atoms with Crippen molar-refractivity contribution in [2.45, 2.75) is 76.1 Å². The maximum atomic E-state index is 14.0. The van der Waals surface area contributed by atoms with Gasteiger partial charge in [-0.05, 0) is 104 Å². The minimum atomic E-state index is -5.89. The van der Waals surface area contributed by atoms with Crippen LogP contribution in [-0.4, -0.2) is 76.1 Å². The second kappa shape index (κ2) is 17.2. The van der Waals surface area contributed by atoms with Gasteiger partial charge in [-0.25, -0.2) is 9.78 Å². The van der Waals surface area contributed by atoms with E-state index in [0.717, 1.165) is 23.1 Å². The Bertz CT molecular complexity index is 2200. The van der Waals surface area contributed by atoms with E-state index in [-0.39, 0.29) is 53.3 Å². The molecule has 0 spiro atoms. The quantitative estimate of drug-likeness (QED) is 0.0861. The summed E-state index contributed by atoms with van der Waals surface area (Å²) >= 11 is 0. The summed E-state index contributed by atoms with van der Waals surface area (Å²) in [6.45, 7) is 2.66. The number of fused-ring (bicyclic) bond motifs is 1. The molecule has 2 heterocycles. The monoisotopic (exact) mass is 811 g/mol. The number of aryl methyl sites for hydroxylation is 1. The van der Waals surface area contributed by atoms with Crippen molar-refractivity contribution in [1.29, 1.82) is 0 Å². The van der Waals surface area contributed by atoms with Gasteiger partial charge in [0.15, 0.2) is 5.82 Å². The zero-order chi connectivity index (χ0) is 41.8. The van der Waals surface area contributed by atoms with E-state index in [4.69, 9.17) is 5.11 Å². The topological polar surface area (TPSA) is 194 Å². The van der Waals surface area contributed by atoms with Crippen molar-refractivity contribution in [2.24, 2.45) is 11.8 Å². The molecule has 0 radical (unpaired) electrons. The Kier molecular flexibility index (Phi) is 12.3. The number of hydrogen-bond acceptors (Lipinski definition) is 6. The van der Waals surface area contributed by atoms with Crippen LogP contribution < -0.4 is 26.6 Å². The highest BCUT2D eigenvalue weighted by Crippen LogP contribution is 2.43. The predicted octanol–water partition coefficient (Wildman–Crippen LogP) is 5.94. The van der Waals surface area contributed by atoms with Crippen LogP contribution in [0.15, 0.2) is 60.7 Å². The molecule has 6 rings (SSSR count). The fraction of sp³-hybridized carbons (Fsp3) is 0.400. The number of carbonyl (C=O) groups excluding carboxylic acids is 4. The first-order valence-corrected chi connectivity index (χ1v) is 18.8. The minimum absolute atomic E-state index is 0.000530. The number of imidazole rings is 1. The molecule has 13 nitrogen and oxygen atoms in total. The van der Waals surface area contributed by atoms with E-state index in [0.29, 0.717) is 49.8 Å². The predicted molar refractivity (Wildman–Crippen MR) is 202 cm³/mol. The van der Waals surface area contributed by atoms with Gasteiger partial charge in [0.05, 0.1) is 11.0 Å². The number of benzene rings is 3.